The van der Waals surface area contributed by atoms with E-state index < -0.39 is 5.97 Å². The lowest BCUT2D eigenvalue weighted by Gasteiger charge is -2.07. The van der Waals surface area contributed by atoms with Gasteiger partial charge >= 0.3 is 5.97 Å². The number of carboxylic acids is 1. The van der Waals surface area contributed by atoms with E-state index in [1.165, 1.54) is 5.56 Å². The summed E-state index contributed by atoms with van der Waals surface area (Å²) in [5, 5.41) is 21.2. The van der Waals surface area contributed by atoms with Gasteiger partial charge in [0.1, 0.15) is 5.75 Å². The van der Waals surface area contributed by atoms with Crippen LogP contribution in [-0.4, -0.2) is 22.7 Å². The predicted molar refractivity (Wildman–Crippen MR) is 87.3 cm³/mol. The highest BCUT2D eigenvalue weighted by atomic mass is 16.4. The first-order valence-corrected chi connectivity index (χ1v) is 7.46. The molecule has 0 amide bonds. The number of carbonyl (C=O) groups is 1. The van der Waals surface area contributed by atoms with Crippen LogP contribution in [0.4, 0.5) is 5.69 Å². The molecule has 2 aromatic rings. The Morgan fingerprint density at radius 3 is 2.14 bits per heavy atom. The SMILES string of the molecule is O=C(O)CCc1ccc(NCCCc2ccc(O)cc2)cc1. The Morgan fingerprint density at radius 2 is 1.50 bits per heavy atom. The number of aryl methyl sites for hydroxylation is 2. The van der Waals surface area contributed by atoms with E-state index in [0.29, 0.717) is 12.2 Å². The quantitative estimate of drug-likeness (QED) is 0.653. The molecule has 0 radical (unpaired) electrons. The van der Waals surface area contributed by atoms with Gasteiger partial charge in [0.25, 0.3) is 0 Å². The average Bonchev–Trinajstić information content (AvgIpc) is 2.52. The van der Waals surface area contributed by atoms with Crippen molar-refractivity contribution in [2.24, 2.45) is 0 Å². The van der Waals surface area contributed by atoms with Gasteiger partial charge in [-0.25, -0.2) is 0 Å². The Labute approximate surface area is 130 Å². The molecule has 22 heavy (non-hydrogen) atoms. The first kappa shape index (κ1) is 15.9. The molecule has 0 fully saturated rings. The number of hydrogen-bond donors (Lipinski definition) is 3. The molecule has 0 aliphatic carbocycles. The van der Waals surface area contributed by atoms with Gasteiger partial charge in [-0.15, -0.1) is 0 Å². The topological polar surface area (TPSA) is 69.6 Å². The molecule has 2 aromatic carbocycles. The summed E-state index contributed by atoms with van der Waals surface area (Å²) >= 11 is 0. The van der Waals surface area contributed by atoms with E-state index in [4.69, 9.17) is 5.11 Å². The van der Waals surface area contributed by atoms with Gasteiger partial charge in [-0.05, 0) is 54.7 Å². The summed E-state index contributed by atoms with van der Waals surface area (Å²) in [6, 6.07) is 15.2. The van der Waals surface area contributed by atoms with Crippen molar-refractivity contribution >= 4 is 11.7 Å². The normalized spacial score (nSPS) is 10.4. The number of nitrogens with one attached hydrogen (secondary N) is 1. The molecule has 4 heteroatoms. The minimum absolute atomic E-state index is 0.166. The summed E-state index contributed by atoms with van der Waals surface area (Å²) in [7, 11) is 0. The molecule has 4 nitrogen and oxygen atoms in total. The summed E-state index contributed by atoms with van der Waals surface area (Å²) < 4.78 is 0. The van der Waals surface area contributed by atoms with E-state index in [0.717, 1.165) is 30.6 Å². The maximum Gasteiger partial charge on any atom is 0.303 e. The Balaban J connectivity index is 1.70. The molecule has 116 valence electrons. The molecule has 0 unspecified atom stereocenters. The number of phenolic OH excluding ortho intramolecular Hbond substituents is 1. The van der Waals surface area contributed by atoms with Crippen molar-refractivity contribution in [3.05, 3.63) is 59.7 Å². The van der Waals surface area contributed by atoms with Crippen LogP contribution in [-0.2, 0) is 17.6 Å². The fourth-order valence-electron chi connectivity index (χ4n) is 2.23. The van der Waals surface area contributed by atoms with Gasteiger partial charge < -0.3 is 15.5 Å². The van der Waals surface area contributed by atoms with Crippen molar-refractivity contribution in [2.75, 3.05) is 11.9 Å². The lowest BCUT2D eigenvalue weighted by atomic mass is 10.1. The molecule has 0 spiro atoms. The van der Waals surface area contributed by atoms with Crippen LogP contribution in [0, 0.1) is 0 Å². The van der Waals surface area contributed by atoms with Crippen LogP contribution >= 0.6 is 0 Å². The standard InChI is InChI=1S/C18H21NO3/c20-17-10-5-14(6-11-17)2-1-13-19-16-8-3-15(4-9-16)7-12-18(21)22/h3-6,8-11,19-20H,1-2,7,12-13H2,(H,21,22). The Bertz CT molecular complexity index is 591. The van der Waals surface area contributed by atoms with Gasteiger partial charge in [0, 0.05) is 18.7 Å². The maximum atomic E-state index is 10.5. The van der Waals surface area contributed by atoms with Crippen molar-refractivity contribution in [1.29, 1.82) is 0 Å². The summed E-state index contributed by atoms with van der Waals surface area (Å²) in [6.07, 6.45) is 2.70. The monoisotopic (exact) mass is 299 g/mol. The number of hydrogen-bond acceptors (Lipinski definition) is 3. The molecule has 0 bridgehead atoms. The Hall–Kier alpha value is -2.49. The van der Waals surface area contributed by atoms with Crippen LogP contribution < -0.4 is 5.32 Å². The van der Waals surface area contributed by atoms with E-state index in [1.807, 2.05) is 36.4 Å². The molecule has 0 heterocycles. The second-order valence-corrected chi connectivity index (χ2v) is 5.29. The van der Waals surface area contributed by atoms with Crippen LogP contribution in [0.15, 0.2) is 48.5 Å². The molecule has 0 aliphatic heterocycles. The van der Waals surface area contributed by atoms with E-state index in [9.17, 15) is 9.90 Å². The number of phenols is 1. The van der Waals surface area contributed by atoms with E-state index in [1.54, 1.807) is 12.1 Å². The average molecular weight is 299 g/mol. The number of anilines is 1. The smallest absolute Gasteiger partial charge is 0.303 e. The summed E-state index contributed by atoms with van der Waals surface area (Å²) in [5.74, 6) is -0.471. The second-order valence-electron chi connectivity index (χ2n) is 5.29. The van der Waals surface area contributed by atoms with E-state index in [2.05, 4.69) is 5.32 Å². The number of aliphatic carboxylic acids is 1. The number of carboxylic acid groups (broad SMARTS) is 1. The highest BCUT2D eigenvalue weighted by molar-refractivity contribution is 5.67. The highest BCUT2D eigenvalue weighted by Crippen LogP contribution is 2.13. The van der Waals surface area contributed by atoms with E-state index in [-0.39, 0.29) is 6.42 Å². The molecule has 0 atom stereocenters. The van der Waals surface area contributed by atoms with Crippen molar-refractivity contribution in [1.82, 2.24) is 0 Å². The van der Waals surface area contributed by atoms with Gasteiger partial charge in [0.05, 0.1) is 0 Å². The Kier molecular flexibility index (Phi) is 5.83. The third-order valence-corrected chi connectivity index (χ3v) is 3.49. The minimum Gasteiger partial charge on any atom is -0.508 e. The third kappa shape index (κ3) is 5.48. The zero-order chi connectivity index (χ0) is 15.8. The van der Waals surface area contributed by atoms with E-state index >= 15 is 0 Å². The van der Waals surface area contributed by atoms with Gasteiger partial charge in [-0.2, -0.15) is 0 Å². The summed E-state index contributed by atoms with van der Waals surface area (Å²) in [5.41, 5.74) is 3.30. The lowest BCUT2D eigenvalue weighted by Crippen LogP contribution is -2.03. The molecule has 3 N–H and O–H groups in total. The summed E-state index contributed by atoms with van der Waals surface area (Å²) in [6.45, 7) is 0.870. The fraction of sp³-hybridized carbons (Fsp3) is 0.278. The first-order valence-electron chi connectivity index (χ1n) is 7.46. The molecule has 0 saturated carbocycles. The van der Waals surface area contributed by atoms with Gasteiger partial charge in [0.2, 0.25) is 0 Å². The highest BCUT2D eigenvalue weighted by Gasteiger charge is 1.99. The number of aromatic hydroxyl groups is 1. The van der Waals surface area contributed by atoms with Gasteiger partial charge in [0.15, 0.2) is 0 Å². The molecule has 2 rings (SSSR count). The van der Waals surface area contributed by atoms with Gasteiger partial charge in [-0.1, -0.05) is 24.3 Å². The van der Waals surface area contributed by atoms with Crippen molar-refractivity contribution in [2.45, 2.75) is 25.7 Å². The zero-order valence-electron chi connectivity index (χ0n) is 12.5. The molecule has 0 aliphatic rings. The number of rotatable bonds is 8. The van der Waals surface area contributed by atoms with Crippen LogP contribution in [0.1, 0.15) is 24.0 Å². The van der Waals surface area contributed by atoms with Crippen molar-refractivity contribution < 1.29 is 15.0 Å². The molecular weight excluding hydrogens is 278 g/mol. The molecule has 0 aromatic heterocycles. The lowest BCUT2D eigenvalue weighted by molar-refractivity contribution is -0.136. The van der Waals surface area contributed by atoms with Gasteiger partial charge in [-0.3, -0.25) is 4.79 Å². The van der Waals surface area contributed by atoms with Crippen molar-refractivity contribution in [3.63, 3.8) is 0 Å². The van der Waals surface area contributed by atoms with Crippen LogP contribution in [0.5, 0.6) is 5.75 Å². The largest absolute Gasteiger partial charge is 0.508 e. The van der Waals surface area contributed by atoms with Crippen molar-refractivity contribution in [3.8, 4) is 5.75 Å². The van der Waals surface area contributed by atoms with Crippen LogP contribution in [0.25, 0.3) is 0 Å². The third-order valence-electron chi connectivity index (χ3n) is 3.49. The minimum atomic E-state index is -0.767. The molecule has 0 saturated heterocycles. The fourth-order valence-corrected chi connectivity index (χ4v) is 2.23. The maximum absolute atomic E-state index is 10.5. The molecular formula is C18H21NO3. The predicted octanol–water partition coefficient (Wildman–Crippen LogP) is 3.45. The second kappa shape index (κ2) is 8.08. The number of benzene rings is 2. The van der Waals surface area contributed by atoms with Crippen LogP contribution in [0.3, 0.4) is 0 Å². The van der Waals surface area contributed by atoms with Crippen LogP contribution in [0.2, 0.25) is 0 Å². The first-order chi connectivity index (χ1) is 10.6. The summed E-state index contributed by atoms with van der Waals surface area (Å²) in [4.78, 5) is 10.5. The zero-order valence-corrected chi connectivity index (χ0v) is 12.5. The Morgan fingerprint density at radius 1 is 0.909 bits per heavy atom.